The lowest BCUT2D eigenvalue weighted by Crippen LogP contribution is -2.44. The number of thioether (sulfide) groups is 1. The van der Waals surface area contributed by atoms with Crippen LogP contribution in [0, 0.1) is 5.82 Å². The van der Waals surface area contributed by atoms with Gasteiger partial charge in [-0.25, -0.2) is 12.8 Å². The molecule has 0 fully saturated rings. The van der Waals surface area contributed by atoms with E-state index in [9.17, 15) is 17.6 Å². The first kappa shape index (κ1) is 22.3. The Morgan fingerprint density at radius 1 is 1.13 bits per heavy atom. The highest BCUT2D eigenvalue weighted by atomic mass is 32.2. The number of hydrogen-bond donors (Lipinski definition) is 2. The highest BCUT2D eigenvalue weighted by Gasteiger charge is 2.28. The van der Waals surface area contributed by atoms with E-state index in [0.717, 1.165) is 17.7 Å². The highest BCUT2D eigenvalue weighted by Crippen LogP contribution is 2.26. The second-order valence-corrected chi connectivity index (χ2v) is 9.80. The second kappa shape index (κ2) is 10.1. The summed E-state index contributed by atoms with van der Waals surface area (Å²) in [5.74, 6) is -0.936. The normalized spacial score (nSPS) is 12.5. The van der Waals surface area contributed by atoms with Gasteiger partial charge in [-0.3, -0.25) is 10.1 Å². The number of benzene rings is 2. The first-order valence-electron chi connectivity index (χ1n) is 8.86. The molecule has 0 aliphatic carbocycles. The van der Waals surface area contributed by atoms with Crippen LogP contribution in [0.3, 0.4) is 0 Å². The van der Waals surface area contributed by atoms with E-state index in [1.807, 2.05) is 36.6 Å². The predicted molar refractivity (Wildman–Crippen MR) is 117 cm³/mol. The molecule has 0 radical (unpaired) electrons. The molecule has 1 heterocycles. The van der Waals surface area contributed by atoms with Crippen molar-refractivity contribution >= 4 is 44.2 Å². The standard InChI is InChI=1S/C19H19FN4O3S3/c1-28-12-11-15(24-30(26,27)16-10-6-5-9-14(16)20)17(25)21-19-23-22-18(29-19)13-7-3-2-4-8-13/h2-10,15,24H,11-12H2,1H3,(H,21,23,25). The Hall–Kier alpha value is -2.34. The summed E-state index contributed by atoms with van der Waals surface area (Å²) in [6.07, 6.45) is 2.07. The van der Waals surface area contributed by atoms with Gasteiger partial charge in [0, 0.05) is 5.56 Å². The fourth-order valence-electron chi connectivity index (χ4n) is 2.56. The van der Waals surface area contributed by atoms with Crippen LogP contribution in [0.1, 0.15) is 6.42 Å². The molecule has 1 atom stereocenters. The fraction of sp³-hybridized carbons (Fsp3) is 0.211. The summed E-state index contributed by atoms with van der Waals surface area (Å²) < 4.78 is 41.5. The monoisotopic (exact) mass is 466 g/mol. The highest BCUT2D eigenvalue weighted by molar-refractivity contribution is 7.98. The Bertz CT molecular complexity index is 1110. The van der Waals surface area contributed by atoms with E-state index in [1.54, 1.807) is 0 Å². The molecule has 0 saturated heterocycles. The van der Waals surface area contributed by atoms with Crippen molar-refractivity contribution in [3.8, 4) is 10.6 Å². The molecule has 30 heavy (non-hydrogen) atoms. The lowest BCUT2D eigenvalue weighted by atomic mass is 10.2. The van der Waals surface area contributed by atoms with E-state index in [4.69, 9.17) is 0 Å². The van der Waals surface area contributed by atoms with Crippen molar-refractivity contribution in [1.29, 1.82) is 0 Å². The third-order valence-electron chi connectivity index (χ3n) is 4.03. The molecule has 0 bridgehead atoms. The van der Waals surface area contributed by atoms with Gasteiger partial charge in [0.1, 0.15) is 21.8 Å². The van der Waals surface area contributed by atoms with Gasteiger partial charge in [-0.05, 0) is 30.6 Å². The number of sulfonamides is 1. The lowest BCUT2D eigenvalue weighted by molar-refractivity contribution is -0.117. The average molecular weight is 467 g/mol. The molecule has 1 aromatic heterocycles. The van der Waals surface area contributed by atoms with E-state index < -0.39 is 32.7 Å². The zero-order chi connectivity index (χ0) is 21.6. The maximum Gasteiger partial charge on any atom is 0.244 e. The molecule has 158 valence electrons. The molecule has 3 rings (SSSR count). The summed E-state index contributed by atoms with van der Waals surface area (Å²) >= 11 is 2.64. The molecule has 3 aromatic rings. The minimum absolute atomic E-state index is 0.227. The summed E-state index contributed by atoms with van der Waals surface area (Å²) in [6.45, 7) is 0. The molecule has 0 aliphatic heterocycles. The molecular weight excluding hydrogens is 447 g/mol. The number of nitrogens with zero attached hydrogens (tertiary/aromatic N) is 2. The van der Waals surface area contributed by atoms with Gasteiger partial charge in [-0.15, -0.1) is 10.2 Å². The summed E-state index contributed by atoms with van der Waals surface area (Å²) in [5.41, 5.74) is 0.856. The number of nitrogens with one attached hydrogen (secondary N) is 2. The summed E-state index contributed by atoms with van der Waals surface area (Å²) in [6, 6.07) is 13.3. The lowest BCUT2D eigenvalue weighted by Gasteiger charge is -2.17. The second-order valence-electron chi connectivity index (χ2n) is 6.15. The number of aromatic nitrogens is 2. The average Bonchev–Trinajstić information content (AvgIpc) is 3.20. The Kier molecular flexibility index (Phi) is 7.53. The number of carbonyl (C=O) groups is 1. The fourth-order valence-corrected chi connectivity index (χ4v) is 5.09. The zero-order valence-electron chi connectivity index (χ0n) is 15.9. The van der Waals surface area contributed by atoms with E-state index in [2.05, 4.69) is 20.2 Å². The molecule has 2 aromatic carbocycles. The number of carbonyl (C=O) groups excluding carboxylic acids is 1. The smallest absolute Gasteiger partial charge is 0.244 e. The third kappa shape index (κ3) is 5.63. The zero-order valence-corrected chi connectivity index (χ0v) is 18.4. The summed E-state index contributed by atoms with van der Waals surface area (Å²) in [4.78, 5) is 12.3. The van der Waals surface area contributed by atoms with Gasteiger partial charge in [-0.1, -0.05) is 53.8 Å². The van der Waals surface area contributed by atoms with Crippen LogP contribution >= 0.6 is 23.1 Å². The topological polar surface area (TPSA) is 101 Å². The number of anilines is 1. The molecule has 1 amide bonds. The minimum atomic E-state index is -4.22. The van der Waals surface area contributed by atoms with Crippen molar-refractivity contribution in [2.24, 2.45) is 0 Å². The number of hydrogen-bond acceptors (Lipinski definition) is 7. The van der Waals surface area contributed by atoms with Crippen LogP contribution in [0.5, 0.6) is 0 Å². The first-order chi connectivity index (χ1) is 14.4. The van der Waals surface area contributed by atoms with E-state index >= 15 is 0 Å². The van der Waals surface area contributed by atoms with Crippen molar-refractivity contribution in [2.45, 2.75) is 17.4 Å². The van der Waals surface area contributed by atoms with Crippen molar-refractivity contribution in [3.63, 3.8) is 0 Å². The molecule has 2 N–H and O–H groups in total. The van der Waals surface area contributed by atoms with E-state index in [-0.39, 0.29) is 11.6 Å². The number of rotatable bonds is 9. The summed E-state index contributed by atoms with van der Waals surface area (Å²) in [5, 5.41) is 11.5. The molecule has 0 saturated carbocycles. The van der Waals surface area contributed by atoms with Gasteiger partial charge in [0.2, 0.25) is 21.1 Å². The van der Waals surface area contributed by atoms with Crippen molar-refractivity contribution in [3.05, 3.63) is 60.4 Å². The Labute approximate surface area is 182 Å². The third-order valence-corrected chi connectivity index (χ3v) is 7.06. The minimum Gasteiger partial charge on any atom is -0.299 e. The molecule has 0 aliphatic rings. The van der Waals surface area contributed by atoms with Gasteiger partial charge in [0.05, 0.1) is 0 Å². The molecule has 11 heteroatoms. The van der Waals surface area contributed by atoms with Crippen molar-refractivity contribution < 1.29 is 17.6 Å². The largest absolute Gasteiger partial charge is 0.299 e. The van der Waals surface area contributed by atoms with Gasteiger partial charge < -0.3 is 0 Å². The van der Waals surface area contributed by atoms with Crippen LogP contribution in [-0.2, 0) is 14.8 Å². The van der Waals surface area contributed by atoms with Gasteiger partial charge in [0.15, 0.2) is 0 Å². The quantitative estimate of drug-likeness (QED) is 0.501. The van der Waals surface area contributed by atoms with Gasteiger partial charge in [-0.2, -0.15) is 16.5 Å². The van der Waals surface area contributed by atoms with Crippen LogP contribution in [0.2, 0.25) is 0 Å². The molecule has 1 unspecified atom stereocenters. The van der Waals surface area contributed by atoms with Crippen LogP contribution in [0.4, 0.5) is 9.52 Å². The van der Waals surface area contributed by atoms with Gasteiger partial charge in [0.25, 0.3) is 0 Å². The first-order valence-corrected chi connectivity index (χ1v) is 12.6. The van der Waals surface area contributed by atoms with Crippen LogP contribution in [-0.4, -0.2) is 42.6 Å². The number of amides is 1. The molecular formula is C19H19FN4O3S3. The van der Waals surface area contributed by atoms with Crippen molar-refractivity contribution in [2.75, 3.05) is 17.3 Å². The molecule has 7 nitrogen and oxygen atoms in total. The maximum atomic E-state index is 14.0. The SMILES string of the molecule is CSCCC(NS(=O)(=O)c1ccccc1F)C(=O)Nc1nnc(-c2ccccc2)s1. The summed E-state index contributed by atoms with van der Waals surface area (Å²) in [7, 11) is -4.22. The Morgan fingerprint density at radius 2 is 1.83 bits per heavy atom. The maximum absolute atomic E-state index is 14.0. The number of halogens is 1. The van der Waals surface area contributed by atoms with Crippen LogP contribution in [0.15, 0.2) is 59.5 Å². The van der Waals surface area contributed by atoms with E-state index in [0.29, 0.717) is 10.8 Å². The van der Waals surface area contributed by atoms with Crippen molar-refractivity contribution in [1.82, 2.24) is 14.9 Å². The van der Waals surface area contributed by atoms with Gasteiger partial charge >= 0.3 is 0 Å². The molecule has 0 spiro atoms. The van der Waals surface area contributed by atoms with E-state index in [1.165, 1.54) is 35.2 Å². The van der Waals surface area contributed by atoms with Crippen LogP contribution < -0.4 is 10.0 Å². The predicted octanol–water partition coefficient (Wildman–Crippen LogP) is 3.38. The Morgan fingerprint density at radius 3 is 2.53 bits per heavy atom. The van der Waals surface area contributed by atoms with Crippen LogP contribution in [0.25, 0.3) is 10.6 Å². The Balaban J connectivity index is 1.76.